The van der Waals surface area contributed by atoms with Crippen LogP contribution in [0.25, 0.3) is 0 Å². The largest absolute Gasteiger partial charge is 0.466 e. The molecule has 0 N–H and O–H groups in total. The van der Waals surface area contributed by atoms with E-state index in [0.29, 0.717) is 19.6 Å². The highest BCUT2D eigenvalue weighted by molar-refractivity contribution is 5.71. The molecule has 0 fully saturated rings. The molecule has 0 rings (SSSR count). The summed E-state index contributed by atoms with van der Waals surface area (Å²) in [6, 6.07) is 0. The van der Waals surface area contributed by atoms with E-state index >= 15 is 0 Å². The van der Waals surface area contributed by atoms with Crippen LogP contribution in [-0.4, -0.2) is 25.2 Å². The van der Waals surface area contributed by atoms with Crippen molar-refractivity contribution in [2.75, 3.05) is 13.2 Å². The summed E-state index contributed by atoms with van der Waals surface area (Å²) in [5, 5.41) is 0. The Labute approximate surface area is 218 Å². The average molecular weight is 497 g/mol. The van der Waals surface area contributed by atoms with Crippen molar-refractivity contribution in [2.24, 2.45) is 5.92 Å². The molecule has 0 aliphatic rings. The summed E-state index contributed by atoms with van der Waals surface area (Å²) in [5.74, 6) is 0.0440. The van der Waals surface area contributed by atoms with E-state index in [1.807, 2.05) is 6.92 Å². The molecule has 0 heterocycles. The molecule has 0 amide bonds. The average Bonchev–Trinajstić information content (AvgIpc) is 2.86. The van der Waals surface area contributed by atoms with Gasteiger partial charge in [0.2, 0.25) is 0 Å². The Morgan fingerprint density at radius 3 is 1.37 bits per heavy atom. The lowest BCUT2D eigenvalue weighted by molar-refractivity contribution is -0.148. The van der Waals surface area contributed by atoms with Crippen molar-refractivity contribution in [1.29, 1.82) is 0 Å². The highest BCUT2D eigenvalue weighted by Gasteiger charge is 2.13. The number of hydrogen-bond acceptors (Lipinski definition) is 4. The fourth-order valence-electron chi connectivity index (χ4n) is 4.41. The van der Waals surface area contributed by atoms with Crippen molar-refractivity contribution in [3.63, 3.8) is 0 Å². The molecule has 4 heteroatoms. The van der Waals surface area contributed by atoms with Crippen LogP contribution < -0.4 is 0 Å². The summed E-state index contributed by atoms with van der Waals surface area (Å²) in [7, 11) is 0. The van der Waals surface area contributed by atoms with E-state index in [4.69, 9.17) is 9.47 Å². The highest BCUT2D eigenvalue weighted by Crippen LogP contribution is 2.16. The maximum absolute atomic E-state index is 11.9. The molecule has 0 radical (unpaired) electrons. The number of carbonyl (C=O) groups is 2. The van der Waals surface area contributed by atoms with Gasteiger partial charge in [-0.2, -0.15) is 0 Å². The number of hydrogen-bond donors (Lipinski definition) is 0. The van der Waals surface area contributed by atoms with Crippen LogP contribution in [0.4, 0.5) is 0 Å². The fraction of sp³-hybridized carbons (Fsp3) is 0.935. The molecule has 1 atom stereocenters. The van der Waals surface area contributed by atoms with E-state index in [2.05, 4.69) is 13.8 Å². The van der Waals surface area contributed by atoms with Crippen molar-refractivity contribution in [3.8, 4) is 0 Å². The lowest BCUT2D eigenvalue weighted by Crippen LogP contribution is -2.15. The normalized spacial score (nSPS) is 12.0. The summed E-state index contributed by atoms with van der Waals surface area (Å²) in [4.78, 5) is 23.5. The van der Waals surface area contributed by atoms with Gasteiger partial charge in [-0.25, -0.2) is 0 Å². The van der Waals surface area contributed by atoms with E-state index in [9.17, 15) is 9.59 Å². The number of esters is 2. The second-order valence-corrected chi connectivity index (χ2v) is 10.5. The standard InChI is InChI=1S/C31H60O4/c1-4-6-23-27-34-30(32)26-22-20-18-16-14-12-10-8-9-11-13-15-17-19-21-25-29(3)31(33)35-28-24-7-5-2/h29H,4-28H2,1-3H3. The summed E-state index contributed by atoms with van der Waals surface area (Å²) in [6.07, 6.45) is 27.5. The lowest BCUT2D eigenvalue weighted by atomic mass is 10.0. The topological polar surface area (TPSA) is 52.6 Å². The van der Waals surface area contributed by atoms with Gasteiger partial charge in [0.05, 0.1) is 19.1 Å². The van der Waals surface area contributed by atoms with Gasteiger partial charge >= 0.3 is 11.9 Å². The highest BCUT2D eigenvalue weighted by atomic mass is 16.5. The van der Waals surface area contributed by atoms with Crippen LogP contribution in [0.5, 0.6) is 0 Å². The van der Waals surface area contributed by atoms with Gasteiger partial charge in [0.1, 0.15) is 0 Å². The Balaban J connectivity index is 3.24. The van der Waals surface area contributed by atoms with E-state index < -0.39 is 0 Å². The van der Waals surface area contributed by atoms with Gasteiger partial charge in [0, 0.05) is 6.42 Å². The van der Waals surface area contributed by atoms with Gasteiger partial charge in [-0.1, -0.05) is 136 Å². The molecule has 0 aliphatic carbocycles. The van der Waals surface area contributed by atoms with Gasteiger partial charge in [-0.3, -0.25) is 9.59 Å². The second-order valence-electron chi connectivity index (χ2n) is 10.5. The molecular weight excluding hydrogens is 436 g/mol. The Bertz CT molecular complexity index is 463. The first-order valence-corrected chi connectivity index (χ1v) is 15.4. The fourth-order valence-corrected chi connectivity index (χ4v) is 4.41. The minimum atomic E-state index is -0.00853. The molecule has 0 spiro atoms. The van der Waals surface area contributed by atoms with Gasteiger partial charge in [0.25, 0.3) is 0 Å². The smallest absolute Gasteiger partial charge is 0.308 e. The molecule has 35 heavy (non-hydrogen) atoms. The van der Waals surface area contributed by atoms with E-state index in [-0.39, 0.29) is 17.9 Å². The summed E-state index contributed by atoms with van der Waals surface area (Å²) >= 11 is 0. The third kappa shape index (κ3) is 25.8. The van der Waals surface area contributed by atoms with Crippen molar-refractivity contribution in [3.05, 3.63) is 0 Å². The van der Waals surface area contributed by atoms with Crippen LogP contribution in [0.3, 0.4) is 0 Å². The van der Waals surface area contributed by atoms with Crippen LogP contribution in [0.1, 0.15) is 168 Å². The minimum absolute atomic E-state index is 0.00353. The third-order valence-electron chi connectivity index (χ3n) is 6.92. The zero-order valence-corrected chi connectivity index (χ0v) is 23.9. The Morgan fingerprint density at radius 1 is 0.514 bits per heavy atom. The molecule has 0 bridgehead atoms. The van der Waals surface area contributed by atoms with Crippen molar-refractivity contribution in [2.45, 2.75) is 168 Å². The number of unbranched alkanes of at least 4 members (excludes halogenated alkanes) is 18. The molecule has 0 saturated heterocycles. The minimum Gasteiger partial charge on any atom is -0.466 e. The molecule has 0 aromatic carbocycles. The van der Waals surface area contributed by atoms with Gasteiger partial charge in [-0.05, 0) is 25.7 Å². The molecule has 0 aliphatic heterocycles. The monoisotopic (exact) mass is 496 g/mol. The molecular formula is C31H60O4. The molecule has 0 aromatic rings. The first-order chi connectivity index (χ1) is 17.1. The third-order valence-corrected chi connectivity index (χ3v) is 6.92. The second kappa shape index (κ2) is 27.5. The SMILES string of the molecule is CCCCCOC(=O)CCCCCCCCCCCCCCCCCC(C)C(=O)OCCCCC. The predicted octanol–water partition coefficient (Wildman–Crippen LogP) is 9.72. The lowest BCUT2D eigenvalue weighted by Gasteiger charge is -2.11. The summed E-state index contributed by atoms with van der Waals surface area (Å²) in [6.45, 7) is 7.53. The Kier molecular flexibility index (Phi) is 26.7. The quantitative estimate of drug-likeness (QED) is 0.0838. The zero-order valence-electron chi connectivity index (χ0n) is 23.9. The molecule has 208 valence electrons. The van der Waals surface area contributed by atoms with Gasteiger partial charge in [0.15, 0.2) is 0 Å². The summed E-state index contributed by atoms with van der Waals surface area (Å²) < 4.78 is 10.6. The predicted molar refractivity (Wildman–Crippen MR) is 149 cm³/mol. The number of carbonyl (C=O) groups excluding carboxylic acids is 2. The van der Waals surface area contributed by atoms with Gasteiger partial charge in [-0.15, -0.1) is 0 Å². The van der Waals surface area contributed by atoms with Crippen molar-refractivity contribution < 1.29 is 19.1 Å². The first-order valence-electron chi connectivity index (χ1n) is 15.4. The van der Waals surface area contributed by atoms with Crippen LogP contribution >= 0.6 is 0 Å². The van der Waals surface area contributed by atoms with Crippen LogP contribution in [-0.2, 0) is 19.1 Å². The van der Waals surface area contributed by atoms with Gasteiger partial charge < -0.3 is 9.47 Å². The van der Waals surface area contributed by atoms with Crippen LogP contribution in [0, 0.1) is 5.92 Å². The van der Waals surface area contributed by atoms with E-state index in [0.717, 1.165) is 57.8 Å². The number of ether oxygens (including phenoxy) is 2. The van der Waals surface area contributed by atoms with E-state index in [1.54, 1.807) is 0 Å². The first kappa shape index (κ1) is 33.9. The molecule has 4 nitrogen and oxygen atoms in total. The van der Waals surface area contributed by atoms with Crippen molar-refractivity contribution in [1.82, 2.24) is 0 Å². The van der Waals surface area contributed by atoms with Crippen molar-refractivity contribution >= 4 is 11.9 Å². The Morgan fingerprint density at radius 2 is 0.914 bits per heavy atom. The summed E-state index contributed by atoms with van der Waals surface area (Å²) in [5.41, 5.74) is 0. The molecule has 0 aromatic heterocycles. The zero-order chi connectivity index (χ0) is 25.8. The van der Waals surface area contributed by atoms with E-state index in [1.165, 1.54) is 83.5 Å². The van der Waals surface area contributed by atoms with Crippen LogP contribution in [0.15, 0.2) is 0 Å². The maximum atomic E-state index is 11.9. The molecule has 0 saturated carbocycles. The van der Waals surface area contributed by atoms with Crippen LogP contribution in [0.2, 0.25) is 0 Å². The molecule has 1 unspecified atom stereocenters. The Hall–Kier alpha value is -1.06. The number of rotatable bonds is 27. The maximum Gasteiger partial charge on any atom is 0.308 e.